The average molecular weight is 235 g/mol. The Hall–Kier alpha value is -0.870. The van der Waals surface area contributed by atoms with Crippen LogP contribution in [-0.2, 0) is 11.3 Å². The second-order valence-corrected chi connectivity index (χ2v) is 5.34. The smallest absolute Gasteiger partial charge is 0.122 e. The van der Waals surface area contributed by atoms with E-state index in [1.165, 1.54) is 25.7 Å². The topological polar surface area (TPSA) is 53.1 Å². The minimum Gasteiger partial charge on any atom is -0.375 e. The lowest BCUT2D eigenvalue weighted by Crippen LogP contribution is -2.38. The van der Waals surface area contributed by atoms with Gasteiger partial charge in [-0.25, -0.2) is 4.98 Å². The van der Waals surface area contributed by atoms with Gasteiger partial charge in [-0.15, -0.1) is 0 Å². The summed E-state index contributed by atoms with van der Waals surface area (Å²) in [6.45, 7) is 1.41. The van der Waals surface area contributed by atoms with E-state index in [1.807, 2.05) is 6.20 Å². The zero-order valence-corrected chi connectivity index (χ0v) is 10.3. The summed E-state index contributed by atoms with van der Waals surface area (Å²) in [6.07, 6.45) is 11.3. The van der Waals surface area contributed by atoms with E-state index >= 15 is 0 Å². The van der Waals surface area contributed by atoms with Crippen molar-refractivity contribution >= 4 is 0 Å². The van der Waals surface area contributed by atoms with E-state index in [4.69, 9.17) is 10.5 Å². The number of nitrogens with zero attached hydrogens (tertiary/aromatic N) is 2. The second-order valence-electron chi connectivity index (χ2n) is 5.34. The van der Waals surface area contributed by atoms with Gasteiger partial charge in [0.15, 0.2) is 0 Å². The van der Waals surface area contributed by atoms with E-state index in [-0.39, 0.29) is 5.60 Å². The van der Waals surface area contributed by atoms with Gasteiger partial charge in [-0.05, 0) is 25.7 Å². The highest BCUT2D eigenvalue weighted by Gasteiger charge is 2.40. The summed E-state index contributed by atoms with van der Waals surface area (Å²) in [5.41, 5.74) is 5.90. The Morgan fingerprint density at radius 1 is 1.47 bits per heavy atom. The van der Waals surface area contributed by atoms with Crippen molar-refractivity contribution in [1.29, 1.82) is 0 Å². The third-order valence-corrected chi connectivity index (χ3v) is 4.31. The van der Waals surface area contributed by atoms with Gasteiger partial charge in [0.05, 0.1) is 12.1 Å². The van der Waals surface area contributed by atoms with E-state index in [1.54, 1.807) is 0 Å². The van der Waals surface area contributed by atoms with E-state index < -0.39 is 0 Å². The largest absolute Gasteiger partial charge is 0.375 e. The van der Waals surface area contributed by atoms with Crippen molar-refractivity contribution in [2.75, 3.05) is 6.61 Å². The Morgan fingerprint density at radius 3 is 3.06 bits per heavy atom. The third kappa shape index (κ3) is 2.00. The van der Waals surface area contributed by atoms with E-state index in [0.717, 1.165) is 25.3 Å². The molecule has 2 fully saturated rings. The lowest BCUT2D eigenvalue weighted by molar-refractivity contribution is -0.0897. The van der Waals surface area contributed by atoms with Gasteiger partial charge in [-0.3, -0.25) is 0 Å². The van der Waals surface area contributed by atoms with E-state index in [2.05, 4.69) is 15.7 Å². The van der Waals surface area contributed by atoms with Gasteiger partial charge in [0, 0.05) is 25.0 Å². The second kappa shape index (κ2) is 4.42. The lowest BCUT2D eigenvalue weighted by atomic mass is 9.89. The van der Waals surface area contributed by atoms with Crippen molar-refractivity contribution < 1.29 is 4.74 Å². The number of hydrogen-bond donors (Lipinski definition) is 1. The molecule has 0 radical (unpaired) electrons. The molecule has 17 heavy (non-hydrogen) atoms. The van der Waals surface area contributed by atoms with Crippen LogP contribution in [0.4, 0.5) is 0 Å². The van der Waals surface area contributed by atoms with E-state index in [0.29, 0.717) is 12.6 Å². The molecule has 94 valence electrons. The summed E-state index contributed by atoms with van der Waals surface area (Å²) < 4.78 is 8.33. The Bertz CT molecular complexity index is 382. The van der Waals surface area contributed by atoms with Crippen molar-refractivity contribution in [2.24, 2.45) is 5.73 Å². The van der Waals surface area contributed by atoms with Crippen LogP contribution in [0.1, 0.15) is 50.4 Å². The van der Waals surface area contributed by atoms with Crippen molar-refractivity contribution in [1.82, 2.24) is 9.55 Å². The van der Waals surface area contributed by atoms with Gasteiger partial charge in [0.1, 0.15) is 5.82 Å². The summed E-state index contributed by atoms with van der Waals surface area (Å²) in [5, 5.41) is 0. The number of hydrogen-bond acceptors (Lipinski definition) is 3. The maximum atomic E-state index is 6.06. The first kappa shape index (κ1) is 11.2. The van der Waals surface area contributed by atoms with Crippen LogP contribution in [0.2, 0.25) is 0 Å². The molecule has 0 amide bonds. The van der Waals surface area contributed by atoms with E-state index in [9.17, 15) is 0 Å². The minimum absolute atomic E-state index is 0.166. The molecule has 1 aliphatic carbocycles. The molecule has 2 aliphatic rings. The monoisotopic (exact) mass is 235 g/mol. The van der Waals surface area contributed by atoms with Crippen LogP contribution < -0.4 is 5.73 Å². The summed E-state index contributed by atoms with van der Waals surface area (Å²) in [4.78, 5) is 4.32. The first-order chi connectivity index (χ1) is 8.33. The summed E-state index contributed by atoms with van der Waals surface area (Å²) in [7, 11) is 0. The normalized spacial score (nSPS) is 27.7. The molecule has 4 nitrogen and oxygen atoms in total. The zero-order valence-electron chi connectivity index (χ0n) is 10.3. The standard InChI is InChI=1S/C13H21N3O/c14-10-12-15-6-7-16(12)11-3-8-17-13(9-11)4-1-2-5-13/h6-7,11H,1-5,8-10,14H2. The maximum absolute atomic E-state index is 6.06. The fourth-order valence-electron chi connectivity index (χ4n) is 3.44. The predicted molar refractivity (Wildman–Crippen MR) is 65.5 cm³/mol. The fourth-order valence-corrected chi connectivity index (χ4v) is 3.44. The number of ether oxygens (including phenoxy) is 1. The Morgan fingerprint density at radius 2 is 2.29 bits per heavy atom. The molecule has 1 aliphatic heterocycles. The first-order valence-electron chi connectivity index (χ1n) is 6.69. The molecule has 1 aromatic rings. The van der Waals surface area contributed by atoms with Gasteiger partial charge < -0.3 is 15.0 Å². The maximum Gasteiger partial charge on any atom is 0.122 e. The van der Waals surface area contributed by atoms with Gasteiger partial charge in [0.2, 0.25) is 0 Å². The fraction of sp³-hybridized carbons (Fsp3) is 0.769. The van der Waals surface area contributed by atoms with Crippen molar-refractivity contribution in [3.63, 3.8) is 0 Å². The Labute approximate surface area is 102 Å². The molecule has 3 rings (SSSR count). The van der Waals surface area contributed by atoms with Crippen LogP contribution in [0.3, 0.4) is 0 Å². The molecule has 0 bridgehead atoms. The van der Waals surface area contributed by atoms with Crippen LogP contribution >= 0.6 is 0 Å². The Balaban J connectivity index is 1.79. The molecule has 1 saturated heterocycles. The molecule has 2 heterocycles. The van der Waals surface area contributed by atoms with Crippen LogP contribution in [0.15, 0.2) is 12.4 Å². The van der Waals surface area contributed by atoms with Crippen molar-refractivity contribution in [3.05, 3.63) is 18.2 Å². The van der Waals surface area contributed by atoms with Crippen LogP contribution in [0.5, 0.6) is 0 Å². The molecule has 1 atom stereocenters. The molecule has 1 aromatic heterocycles. The molecular weight excluding hydrogens is 214 g/mol. The molecule has 2 N–H and O–H groups in total. The highest BCUT2D eigenvalue weighted by Crippen LogP contribution is 2.43. The molecule has 1 spiro atoms. The van der Waals surface area contributed by atoms with Crippen LogP contribution in [0.25, 0.3) is 0 Å². The predicted octanol–water partition coefficient (Wildman–Crippen LogP) is 2.01. The Kier molecular flexibility index (Phi) is 2.92. The molecule has 1 saturated carbocycles. The van der Waals surface area contributed by atoms with Crippen molar-refractivity contribution in [3.8, 4) is 0 Å². The first-order valence-corrected chi connectivity index (χ1v) is 6.69. The summed E-state index contributed by atoms with van der Waals surface area (Å²) >= 11 is 0. The van der Waals surface area contributed by atoms with Gasteiger partial charge >= 0.3 is 0 Å². The molecule has 4 heteroatoms. The number of nitrogens with two attached hydrogens (primary N) is 1. The lowest BCUT2D eigenvalue weighted by Gasteiger charge is -2.39. The highest BCUT2D eigenvalue weighted by molar-refractivity contribution is 4.99. The van der Waals surface area contributed by atoms with Crippen LogP contribution in [0, 0.1) is 0 Å². The number of rotatable bonds is 2. The quantitative estimate of drug-likeness (QED) is 0.853. The molecule has 1 unspecified atom stereocenters. The van der Waals surface area contributed by atoms with Gasteiger partial charge in [0.25, 0.3) is 0 Å². The number of aromatic nitrogens is 2. The SMILES string of the molecule is NCc1nccn1C1CCOC2(CCCC2)C1. The van der Waals surface area contributed by atoms with Crippen molar-refractivity contribution in [2.45, 2.75) is 56.7 Å². The van der Waals surface area contributed by atoms with Gasteiger partial charge in [-0.2, -0.15) is 0 Å². The highest BCUT2D eigenvalue weighted by atomic mass is 16.5. The summed E-state index contributed by atoms with van der Waals surface area (Å²) in [5.74, 6) is 1.00. The number of imidazole rings is 1. The van der Waals surface area contributed by atoms with Gasteiger partial charge in [-0.1, -0.05) is 12.8 Å². The molecule has 0 aromatic carbocycles. The summed E-state index contributed by atoms with van der Waals surface area (Å²) in [6, 6.07) is 0.530. The average Bonchev–Trinajstić information content (AvgIpc) is 2.98. The molecular formula is C13H21N3O. The third-order valence-electron chi connectivity index (χ3n) is 4.31. The minimum atomic E-state index is 0.166. The van der Waals surface area contributed by atoms with Crippen LogP contribution in [-0.4, -0.2) is 21.8 Å². The zero-order chi connectivity index (χ0) is 11.7.